The standard InChI is InChI=1S/C14H22F2O2/c1-12(5-3-2-4-6-12)13(11(17)18)7-9-14(15,16)10-8-13/h2-10H2,1H3,(H,17,18). The number of hydrogen-bond donors (Lipinski definition) is 1. The molecule has 2 saturated carbocycles. The number of carboxylic acid groups (broad SMARTS) is 1. The van der Waals surface area contributed by atoms with Gasteiger partial charge in [-0.05, 0) is 31.1 Å². The second kappa shape index (κ2) is 4.46. The molecule has 0 atom stereocenters. The van der Waals surface area contributed by atoms with Gasteiger partial charge in [0, 0.05) is 12.8 Å². The summed E-state index contributed by atoms with van der Waals surface area (Å²) in [4.78, 5) is 11.7. The second-order valence-electron chi connectivity index (χ2n) is 6.36. The van der Waals surface area contributed by atoms with E-state index in [4.69, 9.17) is 0 Å². The summed E-state index contributed by atoms with van der Waals surface area (Å²) in [5, 5.41) is 9.63. The molecule has 2 fully saturated rings. The summed E-state index contributed by atoms with van der Waals surface area (Å²) >= 11 is 0. The first-order valence-corrected chi connectivity index (χ1v) is 6.93. The predicted molar refractivity (Wildman–Crippen MR) is 64.7 cm³/mol. The molecule has 2 nitrogen and oxygen atoms in total. The Balaban J connectivity index is 2.25. The van der Waals surface area contributed by atoms with Gasteiger partial charge in [-0.2, -0.15) is 0 Å². The predicted octanol–water partition coefficient (Wildman–Crippen LogP) is 4.24. The van der Waals surface area contributed by atoms with Gasteiger partial charge in [0.05, 0.1) is 5.41 Å². The molecular weight excluding hydrogens is 238 g/mol. The largest absolute Gasteiger partial charge is 0.481 e. The van der Waals surface area contributed by atoms with E-state index >= 15 is 0 Å². The molecule has 0 aliphatic heterocycles. The second-order valence-corrected chi connectivity index (χ2v) is 6.36. The van der Waals surface area contributed by atoms with Gasteiger partial charge < -0.3 is 5.11 Å². The fraction of sp³-hybridized carbons (Fsp3) is 0.929. The molecule has 104 valence electrons. The molecule has 1 N–H and O–H groups in total. The maximum Gasteiger partial charge on any atom is 0.310 e. The summed E-state index contributed by atoms with van der Waals surface area (Å²) in [5.74, 6) is -3.52. The minimum atomic E-state index is -2.66. The zero-order valence-corrected chi connectivity index (χ0v) is 11.0. The molecule has 2 rings (SSSR count). The third-order valence-electron chi connectivity index (χ3n) is 5.36. The van der Waals surface area contributed by atoms with Gasteiger partial charge in [-0.1, -0.05) is 26.2 Å². The van der Waals surface area contributed by atoms with Crippen molar-refractivity contribution in [2.75, 3.05) is 0 Å². The SMILES string of the molecule is CC1(C2(C(=O)O)CCC(F)(F)CC2)CCCCC1. The van der Waals surface area contributed by atoms with Gasteiger partial charge in [-0.15, -0.1) is 0 Å². The highest BCUT2D eigenvalue weighted by atomic mass is 19.3. The first kappa shape index (κ1) is 13.8. The average Bonchev–Trinajstić information content (AvgIpc) is 2.29. The number of rotatable bonds is 2. The van der Waals surface area contributed by atoms with Crippen LogP contribution in [0.4, 0.5) is 8.78 Å². The van der Waals surface area contributed by atoms with Crippen LogP contribution in [0, 0.1) is 10.8 Å². The summed E-state index contributed by atoms with van der Waals surface area (Å²) in [7, 11) is 0. The van der Waals surface area contributed by atoms with Crippen molar-refractivity contribution in [2.24, 2.45) is 10.8 Å². The number of aliphatic carboxylic acids is 1. The van der Waals surface area contributed by atoms with E-state index in [1.54, 1.807) is 0 Å². The molecule has 2 aliphatic rings. The first-order valence-electron chi connectivity index (χ1n) is 6.93. The Kier molecular flexibility index (Phi) is 3.41. The average molecular weight is 260 g/mol. The highest BCUT2D eigenvalue weighted by Gasteiger charge is 2.57. The normalized spacial score (nSPS) is 29.7. The lowest BCUT2D eigenvalue weighted by Gasteiger charge is -2.51. The van der Waals surface area contributed by atoms with E-state index in [1.807, 2.05) is 6.92 Å². The van der Waals surface area contributed by atoms with Gasteiger partial charge in [0.2, 0.25) is 5.92 Å². The zero-order chi connectivity index (χ0) is 13.4. The van der Waals surface area contributed by atoms with Gasteiger partial charge in [-0.3, -0.25) is 4.79 Å². The summed E-state index contributed by atoms with van der Waals surface area (Å²) in [6.45, 7) is 2.00. The molecule has 0 radical (unpaired) electrons. The van der Waals surface area contributed by atoms with Crippen LogP contribution in [0.25, 0.3) is 0 Å². The minimum Gasteiger partial charge on any atom is -0.481 e. The lowest BCUT2D eigenvalue weighted by Crippen LogP contribution is -2.51. The molecule has 0 aromatic rings. The molecule has 18 heavy (non-hydrogen) atoms. The van der Waals surface area contributed by atoms with E-state index in [2.05, 4.69) is 0 Å². The zero-order valence-electron chi connectivity index (χ0n) is 11.0. The summed E-state index contributed by atoms with van der Waals surface area (Å²) in [6.07, 6.45) is 4.66. The fourth-order valence-electron chi connectivity index (χ4n) is 3.93. The van der Waals surface area contributed by atoms with Crippen LogP contribution >= 0.6 is 0 Å². The van der Waals surface area contributed by atoms with Crippen molar-refractivity contribution in [3.63, 3.8) is 0 Å². The van der Waals surface area contributed by atoms with Crippen LogP contribution in [0.2, 0.25) is 0 Å². The number of carboxylic acids is 1. The van der Waals surface area contributed by atoms with Gasteiger partial charge in [0.15, 0.2) is 0 Å². The monoisotopic (exact) mass is 260 g/mol. The Morgan fingerprint density at radius 1 is 0.944 bits per heavy atom. The van der Waals surface area contributed by atoms with Gasteiger partial charge in [0.1, 0.15) is 0 Å². The van der Waals surface area contributed by atoms with Crippen molar-refractivity contribution in [2.45, 2.75) is 70.6 Å². The summed E-state index contributed by atoms with van der Waals surface area (Å²) in [5.41, 5.74) is -1.22. The molecule has 0 aromatic carbocycles. The maximum atomic E-state index is 13.3. The molecule has 0 aromatic heterocycles. The van der Waals surface area contributed by atoms with Gasteiger partial charge >= 0.3 is 5.97 Å². The lowest BCUT2D eigenvalue weighted by molar-refractivity contribution is -0.174. The number of hydrogen-bond acceptors (Lipinski definition) is 1. The highest BCUT2D eigenvalue weighted by molar-refractivity contribution is 5.76. The minimum absolute atomic E-state index is 0.131. The molecule has 4 heteroatoms. The van der Waals surface area contributed by atoms with Gasteiger partial charge in [-0.25, -0.2) is 8.78 Å². The highest BCUT2D eigenvalue weighted by Crippen LogP contribution is 2.58. The van der Waals surface area contributed by atoms with E-state index in [9.17, 15) is 18.7 Å². The number of carbonyl (C=O) groups is 1. The topological polar surface area (TPSA) is 37.3 Å². The van der Waals surface area contributed by atoms with Crippen LogP contribution in [0.5, 0.6) is 0 Å². The molecule has 0 saturated heterocycles. The Morgan fingerprint density at radius 2 is 1.44 bits per heavy atom. The quantitative estimate of drug-likeness (QED) is 0.806. The lowest BCUT2D eigenvalue weighted by atomic mass is 9.53. The van der Waals surface area contributed by atoms with Crippen LogP contribution in [0.3, 0.4) is 0 Å². The van der Waals surface area contributed by atoms with Crippen molar-refractivity contribution in [3.05, 3.63) is 0 Å². The number of halogens is 2. The molecule has 0 amide bonds. The molecule has 0 unspecified atom stereocenters. The van der Waals surface area contributed by atoms with Crippen LogP contribution in [-0.4, -0.2) is 17.0 Å². The van der Waals surface area contributed by atoms with E-state index in [0.717, 1.165) is 32.1 Å². The Labute approximate surface area is 107 Å². The Morgan fingerprint density at radius 3 is 1.89 bits per heavy atom. The van der Waals surface area contributed by atoms with Crippen molar-refractivity contribution >= 4 is 5.97 Å². The third-order valence-corrected chi connectivity index (χ3v) is 5.36. The van der Waals surface area contributed by atoms with Crippen molar-refractivity contribution in [1.29, 1.82) is 0 Å². The Hall–Kier alpha value is -0.670. The third kappa shape index (κ3) is 2.14. The van der Waals surface area contributed by atoms with Crippen LogP contribution in [-0.2, 0) is 4.79 Å². The van der Waals surface area contributed by atoms with Crippen molar-refractivity contribution < 1.29 is 18.7 Å². The van der Waals surface area contributed by atoms with E-state index in [1.165, 1.54) is 0 Å². The van der Waals surface area contributed by atoms with Crippen molar-refractivity contribution in [3.8, 4) is 0 Å². The van der Waals surface area contributed by atoms with E-state index < -0.39 is 17.3 Å². The van der Waals surface area contributed by atoms with Crippen LogP contribution in [0.15, 0.2) is 0 Å². The number of alkyl halides is 2. The fourth-order valence-corrected chi connectivity index (χ4v) is 3.93. The molecule has 0 heterocycles. The molecule has 0 bridgehead atoms. The smallest absolute Gasteiger partial charge is 0.310 e. The first-order chi connectivity index (χ1) is 8.31. The van der Waals surface area contributed by atoms with Gasteiger partial charge in [0.25, 0.3) is 0 Å². The van der Waals surface area contributed by atoms with E-state index in [-0.39, 0.29) is 31.1 Å². The maximum absolute atomic E-state index is 13.3. The van der Waals surface area contributed by atoms with Crippen LogP contribution < -0.4 is 0 Å². The molecule has 0 spiro atoms. The van der Waals surface area contributed by atoms with Crippen LogP contribution in [0.1, 0.15) is 64.7 Å². The molecule has 2 aliphatic carbocycles. The Bertz CT molecular complexity index is 323. The van der Waals surface area contributed by atoms with E-state index in [0.29, 0.717) is 0 Å². The molecular formula is C14H22F2O2. The van der Waals surface area contributed by atoms with Crippen molar-refractivity contribution in [1.82, 2.24) is 0 Å². The summed E-state index contributed by atoms with van der Waals surface area (Å²) < 4.78 is 26.6. The summed E-state index contributed by atoms with van der Waals surface area (Å²) in [6, 6.07) is 0.